The lowest BCUT2D eigenvalue weighted by Crippen LogP contribution is -2.34. The van der Waals surface area contributed by atoms with Crippen LogP contribution in [-0.4, -0.2) is 42.4 Å². The molecule has 9 heteroatoms. The number of benzene rings is 1. The van der Waals surface area contributed by atoms with Gasteiger partial charge in [0.05, 0.1) is 16.6 Å². The number of sulfonamides is 1. The smallest absolute Gasteiger partial charge is 0.270 e. The average Bonchev–Trinajstić information content (AvgIpc) is 2.38. The van der Waals surface area contributed by atoms with Crippen molar-refractivity contribution in [3.63, 3.8) is 0 Å². The fourth-order valence-electron chi connectivity index (χ4n) is 1.66. The van der Waals surface area contributed by atoms with E-state index in [2.05, 4.69) is 0 Å². The molecule has 0 radical (unpaired) electrons. The van der Waals surface area contributed by atoms with Gasteiger partial charge in [-0.3, -0.25) is 10.1 Å². The first-order valence-electron chi connectivity index (χ1n) is 5.89. The van der Waals surface area contributed by atoms with Gasteiger partial charge in [0.2, 0.25) is 10.0 Å². The van der Waals surface area contributed by atoms with Crippen LogP contribution in [0.15, 0.2) is 23.1 Å². The van der Waals surface area contributed by atoms with Gasteiger partial charge in [0.15, 0.2) is 0 Å². The number of rotatable bonds is 7. The van der Waals surface area contributed by atoms with Gasteiger partial charge in [-0.15, -0.1) is 0 Å². The number of aliphatic hydroxyl groups excluding tert-OH is 1. The van der Waals surface area contributed by atoms with E-state index >= 15 is 0 Å². The van der Waals surface area contributed by atoms with E-state index < -0.39 is 14.9 Å². The van der Waals surface area contributed by atoms with Crippen LogP contribution in [0.5, 0.6) is 0 Å². The first-order chi connectivity index (χ1) is 9.34. The van der Waals surface area contributed by atoms with Gasteiger partial charge in [0, 0.05) is 25.2 Å². The van der Waals surface area contributed by atoms with Gasteiger partial charge in [-0.2, -0.15) is 4.31 Å². The second-order valence-electron chi connectivity index (χ2n) is 4.00. The zero-order chi connectivity index (χ0) is 15.3. The number of non-ortho nitro benzene ring substituents is 1. The Bertz CT molecular complexity index is 584. The van der Waals surface area contributed by atoms with Crippen molar-refractivity contribution < 1.29 is 18.4 Å². The van der Waals surface area contributed by atoms with Crippen molar-refractivity contribution >= 4 is 27.3 Å². The summed E-state index contributed by atoms with van der Waals surface area (Å²) >= 11 is 5.84. The second-order valence-corrected chi connectivity index (χ2v) is 6.31. The maximum atomic E-state index is 12.4. The predicted molar refractivity (Wildman–Crippen MR) is 74.2 cm³/mol. The summed E-state index contributed by atoms with van der Waals surface area (Å²) < 4.78 is 25.9. The first kappa shape index (κ1) is 16.8. The van der Waals surface area contributed by atoms with Crippen LogP contribution in [0.3, 0.4) is 0 Å². The highest BCUT2D eigenvalue weighted by atomic mass is 35.5. The van der Waals surface area contributed by atoms with Crippen LogP contribution >= 0.6 is 11.6 Å². The molecule has 20 heavy (non-hydrogen) atoms. The maximum Gasteiger partial charge on any atom is 0.270 e. The summed E-state index contributed by atoms with van der Waals surface area (Å²) in [5.74, 6) is 0. The van der Waals surface area contributed by atoms with Crippen LogP contribution in [0, 0.1) is 10.1 Å². The summed E-state index contributed by atoms with van der Waals surface area (Å²) in [5, 5.41) is 19.6. The maximum absolute atomic E-state index is 12.4. The fraction of sp³-hybridized carbons (Fsp3) is 0.455. The van der Waals surface area contributed by atoms with E-state index in [1.165, 1.54) is 6.07 Å². The van der Waals surface area contributed by atoms with Crippen LogP contribution < -0.4 is 0 Å². The number of aliphatic hydroxyl groups is 1. The Balaban J connectivity index is 3.32. The molecule has 0 atom stereocenters. The second kappa shape index (κ2) is 6.98. The third kappa shape index (κ3) is 3.66. The lowest BCUT2D eigenvalue weighted by molar-refractivity contribution is -0.385. The molecule has 0 aliphatic carbocycles. The zero-order valence-corrected chi connectivity index (χ0v) is 12.4. The van der Waals surface area contributed by atoms with Crippen molar-refractivity contribution in [2.75, 3.05) is 19.7 Å². The highest BCUT2D eigenvalue weighted by Gasteiger charge is 2.27. The normalized spacial score (nSPS) is 11.8. The Morgan fingerprint density at radius 2 is 2.05 bits per heavy atom. The molecule has 0 aliphatic rings. The minimum Gasteiger partial charge on any atom is -0.395 e. The summed E-state index contributed by atoms with van der Waals surface area (Å²) in [7, 11) is -3.98. The molecule has 0 saturated carbocycles. The summed E-state index contributed by atoms with van der Waals surface area (Å²) in [6, 6.07) is 3.24. The van der Waals surface area contributed by atoms with Gasteiger partial charge in [0.25, 0.3) is 5.69 Å². The summed E-state index contributed by atoms with van der Waals surface area (Å²) in [6.07, 6.45) is 0.547. The average molecular weight is 323 g/mol. The van der Waals surface area contributed by atoms with Crippen LogP contribution in [-0.2, 0) is 10.0 Å². The van der Waals surface area contributed by atoms with E-state index in [0.29, 0.717) is 6.42 Å². The number of nitro groups is 1. The zero-order valence-electron chi connectivity index (χ0n) is 10.8. The van der Waals surface area contributed by atoms with E-state index in [0.717, 1.165) is 16.4 Å². The monoisotopic (exact) mass is 322 g/mol. The lowest BCUT2D eigenvalue weighted by Gasteiger charge is -2.21. The topological polar surface area (TPSA) is 101 Å². The van der Waals surface area contributed by atoms with Crippen LogP contribution in [0.4, 0.5) is 5.69 Å². The van der Waals surface area contributed by atoms with Crippen molar-refractivity contribution in [1.82, 2.24) is 4.31 Å². The molecule has 1 aromatic rings. The third-order valence-electron chi connectivity index (χ3n) is 2.57. The standard InChI is InChI=1S/C11H15ClN2O5S/c1-2-5-13(6-7-15)20(18,19)11-8-9(14(16)17)3-4-10(11)12/h3-4,8,15H,2,5-7H2,1H3. The molecule has 112 valence electrons. The number of halogens is 1. The number of nitro benzene ring substituents is 1. The summed E-state index contributed by atoms with van der Waals surface area (Å²) in [4.78, 5) is 9.71. The lowest BCUT2D eigenvalue weighted by atomic mass is 10.3. The molecule has 0 saturated heterocycles. The highest BCUT2D eigenvalue weighted by molar-refractivity contribution is 7.89. The van der Waals surface area contributed by atoms with E-state index in [4.69, 9.17) is 16.7 Å². The molecule has 1 N–H and O–H groups in total. The van der Waals surface area contributed by atoms with E-state index in [9.17, 15) is 18.5 Å². The molecular formula is C11H15ClN2O5S. The molecule has 0 heterocycles. The summed E-state index contributed by atoms with van der Waals surface area (Å²) in [5.41, 5.74) is -0.353. The van der Waals surface area contributed by atoms with Crippen molar-refractivity contribution in [3.05, 3.63) is 33.3 Å². The van der Waals surface area contributed by atoms with Gasteiger partial charge in [-0.05, 0) is 12.5 Å². The fourth-order valence-corrected chi connectivity index (χ4v) is 3.67. The van der Waals surface area contributed by atoms with Gasteiger partial charge in [0.1, 0.15) is 4.90 Å². The molecule has 1 rings (SSSR count). The van der Waals surface area contributed by atoms with Crippen LogP contribution in [0.2, 0.25) is 5.02 Å². The molecule has 0 amide bonds. The highest BCUT2D eigenvalue weighted by Crippen LogP contribution is 2.28. The molecule has 1 aromatic carbocycles. The first-order valence-corrected chi connectivity index (χ1v) is 7.71. The van der Waals surface area contributed by atoms with Crippen LogP contribution in [0.25, 0.3) is 0 Å². The Hall–Kier alpha value is -1.22. The van der Waals surface area contributed by atoms with Gasteiger partial charge in [-0.1, -0.05) is 18.5 Å². The van der Waals surface area contributed by atoms with Crippen molar-refractivity contribution in [2.45, 2.75) is 18.2 Å². The Kier molecular flexibility index (Phi) is 5.88. The minimum atomic E-state index is -3.98. The van der Waals surface area contributed by atoms with E-state index in [-0.39, 0.29) is 35.3 Å². The van der Waals surface area contributed by atoms with Crippen molar-refractivity contribution in [2.24, 2.45) is 0 Å². The van der Waals surface area contributed by atoms with E-state index in [1.54, 1.807) is 6.92 Å². The minimum absolute atomic E-state index is 0.0881. The quantitative estimate of drug-likeness (QED) is 0.607. The summed E-state index contributed by atoms with van der Waals surface area (Å²) in [6.45, 7) is 1.55. The van der Waals surface area contributed by atoms with Crippen LogP contribution in [0.1, 0.15) is 13.3 Å². The molecule has 0 bridgehead atoms. The van der Waals surface area contributed by atoms with Gasteiger partial charge in [-0.25, -0.2) is 8.42 Å². The van der Waals surface area contributed by atoms with E-state index in [1.807, 2.05) is 0 Å². The molecule has 0 aromatic heterocycles. The number of hydrogen-bond donors (Lipinski definition) is 1. The molecule has 0 spiro atoms. The Morgan fingerprint density at radius 3 is 2.55 bits per heavy atom. The molecule has 0 unspecified atom stereocenters. The number of hydrogen-bond acceptors (Lipinski definition) is 5. The largest absolute Gasteiger partial charge is 0.395 e. The van der Waals surface area contributed by atoms with Gasteiger partial charge < -0.3 is 5.11 Å². The third-order valence-corrected chi connectivity index (χ3v) is 4.95. The van der Waals surface area contributed by atoms with Crippen molar-refractivity contribution in [1.29, 1.82) is 0 Å². The van der Waals surface area contributed by atoms with Gasteiger partial charge >= 0.3 is 0 Å². The molecule has 0 aliphatic heterocycles. The van der Waals surface area contributed by atoms with Crippen molar-refractivity contribution in [3.8, 4) is 0 Å². The molecule has 0 fully saturated rings. The predicted octanol–water partition coefficient (Wildman–Crippen LogP) is 1.64. The Labute approximate surface area is 122 Å². The Morgan fingerprint density at radius 1 is 1.40 bits per heavy atom. The SMILES string of the molecule is CCCN(CCO)S(=O)(=O)c1cc([N+](=O)[O-])ccc1Cl. The molecule has 7 nitrogen and oxygen atoms in total. The number of nitrogens with zero attached hydrogens (tertiary/aromatic N) is 2. The molecular weight excluding hydrogens is 308 g/mol.